The Bertz CT molecular complexity index is 307. The smallest absolute Gasteiger partial charge is 0.119 e. The van der Waals surface area contributed by atoms with Crippen molar-refractivity contribution < 1.29 is 4.84 Å². The van der Waals surface area contributed by atoms with E-state index in [1.165, 1.54) is 12.8 Å². The highest BCUT2D eigenvalue weighted by Crippen LogP contribution is 2.23. The van der Waals surface area contributed by atoms with E-state index in [1.54, 1.807) is 0 Å². The molecule has 1 saturated heterocycles. The predicted molar refractivity (Wildman–Crippen MR) is 64.7 cm³/mol. The Balaban J connectivity index is 2.05. The Morgan fingerprint density at radius 3 is 2.38 bits per heavy atom. The van der Waals surface area contributed by atoms with E-state index in [9.17, 15) is 0 Å². The van der Waals surface area contributed by atoms with Crippen molar-refractivity contribution in [2.24, 2.45) is 5.73 Å². The lowest BCUT2D eigenvalue weighted by molar-refractivity contribution is -0.192. The average Bonchev–Trinajstić information content (AvgIpc) is 2.79. The molecule has 2 rings (SSSR count). The van der Waals surface area contributed by atoms with Gasteiger partial charge in [0.25, 0.3) is 0 Å². The highest BCUT2D eigenvalue weighted by Gasteiger charge is 2.22. The zero-order chi connectivity index (χ0) is 11.4. The van der Waals surface area contributed by atoms with E-state index in [0.717, 1.165) is 18.7 Å². The zero-order valence-corrected chi connectivity index (χ0v) is 9.80. The predicted octanol–water partition coefficient (Wildman–Crippen LogP) is 2.10. The normalized spacial score (nSPS) is 20.9. The van der Waals surface area contributed by atoms with Gasteiger partial charge in [-0.3, -0.25) is 4.84 Å². The lowest BCUT2D eigenvalue weighted by Crippen LogP contribution is -2.33. The average molecular weight is 220 g/mol. The van der Waals surface area contributed by atoms with Gasteiger partial charge in [0.1, 0.15) is 6.10 Å². The molecule has 0 aromatic heterocycles. The van der Waals surface area contributed by atoms with Crippen molar-refractivity contribution in [1.29, 1.82) is 0 Å². The van der Waals surface area contributed by atoms with Crippen molar-refractivity contribution in [1.82, 2.24) is 5.06 Å². The number of nitrogens with two attached hydrogens (primary N) is 1. The molecule has 0 saturated carbocycles. The van der Waals surface area contributed by atoms with Crippen molar-refractivity contribution >= 4 is 0 Å². The van der Waals surface area contributed by atoms with Crippen molar-refractivity contribution in [3.05, 3.63) is 35.9 Å². The van der Waals surface area contributed by atoms with Gasteiger partial charge >= 0.3 is 0 Å². The Morgan fingerprint density at radius 2 is 1.81 bits per heavy atom. The number of hydrogen-bond donors (Lipinski definition) is 1. The first kappa shape index (κ1) is 11.6. The van der Waals surface area contributed by atoms with Crippen LogP contribution in [0.25, 0.3) is 0 Å². The van der Waals surface area contributed by atoms with Gasteiger partial charge in [-0.15, -0.1) is 0 Å². The number of hydroxylamine groups is 2. The van der Waals surface area contributed by atoms with Crippen LogP contribution in [0, 0.1) is 0 Å². The van der Waals surface area contributed by atoms with Gasteiger partial charge in [0.15, 0.2) is 0 Å². The minimum atomic E-state index is -0.0284. The fraction of sp³-hybridized carbons (Fsp3) is 0.538. The highest BCUT2D eigenvalue weighted by atomic mass is 16.7. The first-order valence-electron chi connectivity index (χ1n) is 5.99. The fourth-order valence-corrected chi connectivity index (χ4v) is 2.06. The van der Waals surface area contributed by atoms with Gasteiger partial charge in [-0.05, 0) is 25.3 Å². The summed E-state index contributed by atoms with van der Waals surface area (Å²) in [6.07, 6.45) is 2.42. The first-order valence-corrected chi connectivity index (χ1v) is 5.99. The van der Waals surface area contributed by atoms with E-state index in [0.29, 0.717) is 0 Å². The summed E-state index contributed by atoms with van der Waals surface area (Å²) < 4.78 is 0. The van der Waals surface area contributed by atoms with Crippen LogP contribution in [0.5, 0.6) is 0 Å². The molecule has 2 unspecified atom stereocenters. The van der Waals surface area contributed by atoms with Crippen LogP contribution in [0.4, 0.5) is 0 Å². The lowest BCUT2D eigenvalue weighted by atomic mass is 10.0. The second-order valence-corrected chi connectivity index (χ2v) is 4.43. The van der Waals surface area contributed by atoms with Crippen molar-refractivity contribution in [2.45, 2.75) is 31.9 Å². The Hall–Kier alpha value is -0.900. The number of hydrogen-bond acceptors (Lipinski definition) is 3. The van der Waals surface area contributed by atoms with E-state index < -0.39 is 0 Å². The van der Waals surface area contributed by atoms with Gasteiger partial charge < -0.3 is 5.73 Å². The molecule has 3 heteroatoms. The molecule has 1 aliphatic rings. The molecule has 0 bridgehead atoms. The molecule has 1 heterocycles. The standard InChI is InChI=1S/C13H20N2O/c1-11(14)13(12-7-3-2-4-8-12)16-15-9-5-6-10-15/h2-4,7-8,11,13H,5-6,9-10,14H2,1H3. The number of rotatable bonds is 4. The van der Waals surface area contributed by atoms with Crippen LogP contribution in [-0.2, 0) is 4.84 Å². The molecule has 3 nitrogen and oxygen atoms in total. The van der Waals surface area contributed by atoms with Gasteiger partial charge in [0.2, 0.25) is 0 Å². The van der Waals surface area contributed by atoms with Gasteiger partial charge in [0, 0.05) is 19.1 Å². The lowest BCUT2D eigenvalue weighted by Gasteiger charge is -2.26. The maximum absolute atomic E-state index is 6.00. The van der Waals surface area contributed by atoms with E-state index >= 15 is 0 Å². The third kappa shape index (κ3) is 2.82. The van der Waals surface area contributed by atoms with Crippen LogP contribution in [0.15, 0.2) is 30.3 Å². The van der Waals surface area contributed by atoms with E-state index in [-0.39, 0.29) is 12.1 Å². The molecule has 0 aliphatic carbocycles. The maximum atomic E-state index is 6.00. The topological polar surface area (TPSA) is 38.5 Å². The van der Waals surface area contributed by atoms with Crippen molar-refractivity contribution in [3.63, 3.8) is 0 Å². The van der Waals surface area contributed by atoms with Crippen LogP contribution >= 0.6 is 0 Å². The molecule has 1 aliphatic heterocycles. The SMILES string of the molecule is CC(N)C(ON1CCCC1)c1ccccc1. The fourth-order valence-electron chi connectivity index (χ4n) is 2.06. The second kappa shape index (κ2) is 5.43. The summed E-state index contributed by atoms with van der Waals surface area (Å²) in [4.78, 5) is 5.97. The summed E-state index contributed by atoms with van der Waals surface area (Å²) >= 11 is 0. The molecular weight excluding hydrogens is 200 g/mol. The van der Waals surface area contributed by atoms with Crippen LogP contribution in [-0.4, -0.2) is 24.2 Å². The summed E-state index contributed by atoms with van der Waals surface area (Å²) in [5, 5.41) is 2.04. The Morgan fingerprint density at radius 1 is 1.19 bits per heavy atom. The minimum absolute atomic E-state index is 0.00278. The van der Waals surface area contributed by atoms with E-state index in [4.69, 9.17) is 10.6 Å². The Labute approximate surface area is 97.1 Å². The van der Waals surface area contributed by atoms with Gasteiger partial charge in [-0.25, -0.2) is 0 Å². The van der Waals surface area contributed by atoms with Gasteiger partial charge in [0.05, 0.1) is 0 Å². The van der Waals surface area contributed by atoms with Crippen LogP contribution < -0.4 is 5.73 Å². The van der Waals surface area contributed by atoms with Gasteiger partial charge in [-0.2, -0.15) is 5.06 Å². The van der Waals surface area contributed by atoms with Crippen LogP contribution in [0.1, 0.15) is 31.4 Å². The maximum Gasteiger partial charge on any atom is 0.119 e. The zero-order valence-electron chi connectivity index (χ0n) is 9.80. The van der Waals surface area contributed by atoms with E-state index in [2.05, 4.69) is 12.1 Å². The third-order valence-corrected chi connectivity index (χ3v) is 2.93. The van der Waals surface area contributed by atoms with Crippen molar-refractivity contribution in [2.75, 3.05) is 13.1 Å². The molecule has 1 fully saturated rings. The molecule has 2 atom stereocenters. The first-order chi connectivity index (χ1) is 7.77. The highest BCUT2D eigenvalue weighted by molar-refractivity contribution is 5.18. The summed E-state index contributed by atoms with van der Waals surface area (Å²) in [6.45, 7) is 4.04. The molecule has 16 heavy (non-hydrogen) atoms. The number of nitrogens with zero attached hydrogens (tertiary/aromatic N) is 1. The molecule has 1 aromatic carbocycles. The minimum Gasteiger partial charge on any atom is -0.325 e. The Kier molecular flexibility index (Phi) is 3.93. The van der Waals surface area contributed by atoms with Crippen LogP contribution in [0.2, 0.25) is 0 Å². The van der Waals surface area contributed by atoms with Crippen molar-refractivity contribution in [3.8, 4) is 0 Å². The summed E-state index contributed by atoms with van der Waals surface area (Å²) in [6, 6.07) is 10.2. The molecule has 0 amide bonds. The van der Waals surface area contributed by atoms with Gasteiger partial charge in [-0.1, -0.05) is 30.3 Å². The monoisotopic (exact) mass is 220 g/mol. The molecule has 1 aromatic rings. The summed E-state index contributed by atoms with van der Waals surface area (Å²) in [5.41, 5.74) is 7.15. The largest absolute Gasteiger partial charge is 0.325 e. The third-order valence-electron chi connectivity index (χ3n) is 2.93. The molecule has 0 radical (unpaired) electrons. The summed E-state index contributed by atoms with van der Waals surface area (Å²) in [7, 11) is 0. The molecule has 0 spiro atoms. The molecule has 2 N–H and O–H groups in total. The van der Waals surface area contributed by atoms with E-state index in [1.807, 2.05) is 30.2 Å². The number of benzene rings is 1. The quantitative estimate of drug-likeness (QED) is 0.844. The molecule has 88 valence electrons. The second-order valence-electron chi connectivity index (χ2n) is 4.43. The molecular formula is C13H20N2O. The summed E-state index contributed by atoms with van der Waals surface area (Å²) in [5.74, 6) is 0. The van der Waals surface area contributed by atoms with Crippen LogP contribution in [0.3, 0.4) is 0 Å².